The van der Waals surface area contributed by atoms with Gasteiger partial charge >= 0.3 is 0 Å². The quantitative estimate of drug-likeness (QED) is 0.692. The number of rotatable bonds is 5. The monoisotopic (exact) mass is 406 g/mol. The molecule has 1 atom stereocenters. The molecule has 0 aliphatic carbocycles. The minimum Gasteiger partial charge on any atom is -0.454 e. The first-order chi connectivity index (χ1) is 14.7. The number of anilines is 1. The average molecular weight is 406 g/mol. The van der Waals surface area contributed by atoms with Gasteiger partial charge < -0.3 is 24.2 Å². The number of benzene rings is 2. The summed E-state index contributed by atoms with van der Waals surface area (Å²) in [6, 6.07) is 14.3. The highest BCUT2D eigenvalue weighted by molar-refractivity contribution is 5.96. The summed E-state index contributed by atoms with van der Waals surface area (Å²) >= 11 is 0. The summed E-state index contributed by atoms with van der Waals surface area (Å²) < 4.78 is 16.0. The number of nitrogens with one attached hydrogen (secondary N) is 1. The van der Waals surface area contributed by atoms with Gasteiger partial charge in [-0.05, 0) is 24.3 Å². The van der Waals surface area contributed by atoms with Crippen molar-refractivity contribution < 1.29 is 23.6 Å². The lowest BCUT2D eigenvalue weighted by Gasteiger charge is -2.16. The summed E-state index contributed by atoms with van der Waals surface area (Å²) in [5.41, 5.74) is 1.29. The zero-order valence-electron chi connectivity index (χ0n) is 15.9. The summed E-state index contributed by atoms with van der Waals surface area (Å²) in [6.45, 7) is 0.739. The number of fused-ring (bicyclic) bond motifs is 1. The predicted molar refractivity (Wildman–Crippen MR) is 104 cm³/mol. The number of hydrogen-bond donors (Lipinski definition) is 1. The van der Waals surface area contributed by atoms with Gasteiger partial charge in [-0.15, -0.1) is 0 Å². The molecule has 152 valence electrons. The molecule has 2 aliphatic rings. The number of ether oxygens (including phenoxy) is 2. The molecule has 1 fully saturated rings. The van der Waals surface area contributed by atoms with Gasteiger partial charge in [-0.3, -0.25) is 9.59 Å². The molecule has 1 aromatic heterocycles. The molecule has 9 heteroatoms. The highest BCUT2D eigenvalue weighted by atomic mass is 16.7. The molecule has 5 rings (SSSR count). The van der Waals surface area contributed by atoms with Crippen LogP contribution < -0.4 is 19.7 Å². The maximum absolute atomic E-state index is 12.5. The number of aromatic nitrogens is 2. The van der Waals surface area contributed by atoms with Crippen molar-refractivity contribution in [3.63, 3.8) is 0 Å². The molecule has 1 N–H and O–H groups in total. The van der Waals surface area contributed by atoms with E-state index in [0.717, 1.165) is 5.69 Å². The van der Waals surface area contributed by atoms with Crippen molar-refractivity contribution in [3.8, 4) is 11.5 Å². The number of hydrogen-bond acceptors (Lipinski definition) is 7. The Labute approximate surface area is 171 Å². The topological polar surface area (TPSA) is 107 Å². The van der Waals surface area contributed by atoms with Crippen LogP contribution >= 0.6 is 0 Å². The molecular weight excluding hydrogens is 388 g/mol. The van der Waals surface area contributed by atoms with E-state index in [1.807, 2.05) is 12.1 Å². The molecule has 2 aliphatic heterocycles. The van der Waals surface area contributed by atoms with E-state index in [1.54, 1.807) is 41.3 Å². The normalized spacial score (nSPS) is 17.4. The van der Waals surface area contributed by atoms with Crippen LogP contribution in [0.15, 0.2) is 53.1 Å². The molecule has 1 saturated heterocycles. The molecule has 3 heterocycles. The van der Waals surface area contributed by atoms with Crippen LogP contribution in [0.5, 0.6) is 11.5 Å². The third kappa shape index (κ3) is 3.45. The minimum atomic E-state index is -0.222. The average Bonchev–Trinajstić information content (AvgIpc) is 3.51. The lowest BCUT2D eigenvalue weighted by molar-refractivity contribution is -0.117. The zero-order valence-corrected chi connectivity index (χ0v) is 15.9. The molecule has 0 radical (unpaired) electrons. The first-order valence-electron chi connectivity index (χ1n) is 9.53. The second-order valence-corrected chi connectivity index (χ2v) is 7.04. The number of carbonyl (C=O) groups excluding carboxylic acids is 2. The smallest absolute Gasteiger partial charge is 0.251 e. The lowest BCUT2D eigenvalue weighted by Crippen LogP contribution is -2.24. The maximum Gasteiger partial charge on any atom is 0.251 e. The van der Waals surface area contributed by atoms with Crippen molar-refractivity contribution in [1.82, 2.24) is 15.5 Å². The van der Waals surface area contributed by atoms with Crippen LogP contribution in [0.1, 0.15) is 34.4 Å². The van der Waals surface area contributed by atoms with Crippen molar-refractivity contribution in [2.45, 2.75) is 18.9 Å². The van der Waals surface area contributed by atoms with Crippen LogP contribution in [0.3, 0.4) is 0 Å². The van der Waals surface area contributed by atoms with Crippen LogP contribution in [-0.2, 0) is 11.3 Å². The summed E-state index contributed by atoms with van der Waals surface area (Å²) in [4.78, 5) is 30.7. The van der Waals surface area contributed by atoms with Crippen LogP contribution in [-0.4, -0.2) is 35.3 Å². The third-order valence-corrected chi connectivity index (χ3v) is 5.08. The minimum absolute atomic E-state index is 0.0254. The standard InChI is InChI=1S/C21H18N4O5/c26-19-8-14(11-25(19)15-6-7-16-17(9-15)29-12-28-16)20-23-18(30-24-20)10-22-21(27)13-4-2-1-3-5-13/h1-7,9,14H,8,10-12H2,(H,22,27). The molecular formula is C21H18N4O5. The first-order valence-corrected chi connectivity index (χ1v) is 9.53. The Morgan fingerprint density at radius 1 is 1.13 bits per heavy atom. The van der Waals surface area contributed by atoms with E-state index in [2.05, 4.69) is 15.5 Å². The molecule has 2 aromatic carbocycles. The fourth-order valence-corrected chi connectivity index (χ4v) is 3.54. The molecule has 2 amide bonds. The first kappa shape index (κ1) is 18.2. The maximum atomic E-state index is 12.5. The second kappa shape index (κ2) is 7.51. The van der Waals surface area contributed by atoms with Gasteiger partial charge in [0.25, 0.3) is 5.91 Å². The van der Waals surface area contributed by atoms with Crippen molar-refractivity contribution in [1.29, 1.82) is 0 Å². The number of carbonyl (C=O) groups is 2. The van der Waals surface area contributed by atoms with E-state index in [-0.39, 0.29) is 37.5 Å². The fourth-order valence-electron chi connectivity index (χ4n) is 3.54. The summed E-state index contributed by atoms with van der Waals surface area (Å²) in [5, 5.41) is 6.76. The van der Waals surface area contributed by atoms with Crippen molar-refractivity contribution >= 4 is 17.5 Å². The molecule has 0 saturated carbocycles. The zero-order chi connectivity index (χ0) is 20.5. The van der Waals surface area contributed by atoms with E-state index < -0.39 is 0 Å². The van der Waals surface area contributed by atoms with Gasteiger partial charge in [0.15, 0.2) is 17.3 Å². The van der Waals surface area contributed by atoms with E-state index in [4.69, 9.17) is 14.0 Å². The highest BCUT2D eigenvalue weighted by Crippen LogP contribution is 2.38. The summed E-state index contributed by atoms with van der Waals surface area (Å²) in [5.74, 6) is 1.61. The predicted octanol–water partition coefficient (Wildman–Crippen LogP) is 2.25. The third-order valence-electron chi connectivity index (χ3n) is 5.08. The van der Waals surface area contributed by atoms with Gasteiger partial charge in [-0.1, -0.05) is 23.4 Å². The molecule has 0 bridgehead atoms. The Morgan fingerprint density at radius 3 is 2.83 bits per heavy atom. The Kier molecular flexibility index (Phi) is 4.55. The van der Waals surface area contributed by atoms with Gasteiger partial charge in [0.1, 0.15) is 0 Å². The van der Waals surface area contributed by atoms with E-state index >= 15 is 0 Å². The van der Waals surface area contributed by atoms with E-state index in [9.17, 15) is 9.59 Å². The molecule has 0 spiro atoms. The molecule has 3 aromatic rings. The van der Waals surface area contributed by atoms with Crippen LogP contribution in [0.25, 0.3) is 0 Å². The van der Waals surface area contributed by atoms with Gasteiger partial charge in [0.2, 0.25) is 18.6 Å². The molecule has 30 heavy (non-hydrogen) atoms. The second-order valence-electron chi connectivity index (χ2n) is 7.04. The Morgan fingerprint density at radius 2 is 1.97 bits per heavy atom. The van der Waals surface area contributed by atoms with E-state index in [0.29, 0.717) is 35.3 Å². The van der Waals surface area contributed by atoms with Gasteiger partial charge in [-0.2, -0.15) is 4.98 Å². The van der Waals surface area contributed by atoms with Crippen LogP contribution in [0.4, 0.5) is 5.69 Å². The lowest BCUT2D eigenvalue weighted by atomic mass is 10.1. The van der Waals surface area contributed by atoms with Crippen molar-refractivity contribution in [2.75, 3.05) is 18.2 Å². The number of nitrogens with zero attached hydrogens (tertiary/aromatic N) is 3. The largest absolute Gasteiger partial charge is 0.454 e. The van der Waals surface area contributed by atoms with Gasteiger partial charge in [0, 0.05) is 36.2 Å². The van der Waals surface area contributed by atoms with Crippen molar-refractivity contribution in [3.05, 3.63) is 65.8 Å². The van der Waals surface area contributed by atoms with E-state index in [1.165, 1.54) is 0 Å². The summed E-state index contributed by atoms with van der Waals surface area (Å²) in [7, 11) is 0. The molecule has 9 nitrogen and oxygen atoms in total. The van der Waals surface area contributed by atoms with Gasteiger partial charge in [0.05, 0.1) is 6.54 Å². The fraction of sp³-hybridized carbons (Fsp3) is 0.238. The van der Waals surface area contributed by atoms with Crippen LogP contribution in [0.2, 0.25) is 0 Å². The Balaban J connectivity index is 1.23. The summed E-state index contributed by atoms with van der Waals surface area (Å²) in [6.07, 6.45) is 0.282. The van der Waals surface area contributed by atoms with Crippen LogP contribution in [0, 0.1) is 0 Å². The number of amides is 2. The Hall–Kier alpha value is -3.88. The highest BCUT2D eigenvalue weighted by Gasteiger charge is 2.35. The molecule has 1 unspecified atom stereocenters. The Bertz CT molecular complexity index is 1100. The van der Waals surface area contributed by atoms with Crippen molar-refractivity contribution in [2.24, 2.45) is 0 Å². The van der Waals surface area contributed by atoms with Gasteiger partial charge in [-0.25, -0.2) is 0 Å². The SMILES string of the molecule is O=C(NCc1nc(C2CC(=O)N(c3ccc4c(c3)OCO4)C2)no1)c1ccccc1.